The molecule has 0 heterocycles. The second-order valence-electron chi connectivity index (χ2n) is 7.41. The molecule has 0 aliphatic carbocycles. The van der Waals surface area contributed by atoms with E-state index >= 15 is 0 Å². The van der Waals surface area contributed by atoms with Gasteiger partial charge in [-0.2, -0.15) is 0 Å². The van der Waals surface area contributed by atoms with Crippen molar-refractivity contribution in [3.63, 3.8) is 0 Å². The van der Waals surface area contributed by atoms with Crippen molar-refractivity contribution < 1.29 is 14.6 Å². The molecule has 1 N–H and O–H groups in total. The lowest BCUT2D eigenvalue weighted by Crippen LogP contribution is -1.97. The van der Waals surface area contributed by atoms with Crippen LogP contribution >= 0.6 is 0 Å². The summed E-state index contributed by atoms with van der Waals surface area (Å²) in [6.07, 6.45) is 22.0. The quantitative estimate of drug-likeness (QED) is 0.222. The van der Waals surface area contributed by atoms with Crippen LogP contribution in [0.5, 0.6) is 0 Å². The maximum Gasteiger partial charge on any atom is 0.303 e. The lowest BCUT2D eigenvalue weighted by atomic mass is 10.0. The maximum atomic E-state index is 10.4. The molecule has 0 bridgehead atoms. The Labute approximate surface area is 156 Å². The van der Waals surface area contributed by atoms with E-state index in [1.165, 1.54) is 96.3 Å². The zero-order chi connectivity index (χ0) is 18.4. The first kappa shape index (κ1) is 24.4. The lowest BCUT2D eigenvalue weighted by Gasteiger charge is -2.05. The molecule has 150 valence electrons. The molecule has 0 rings (SSSR count). The number of carboxylic acids is 1. The summed E-state index contributed by atoms with van der Waals surface area (Å²) < 4.78 is 5.69. The normalized spacial score (nSPS) is 11.1. The average molecular weight is 357 g/mol. The molecule has 0 aliphatic heterocycles. The highest BCUT2D eigenvalue weighted by molar-refractivity contribution is 5.66. The second-order valence-corrected chi connectivity index (χ2v) is 7.41. The van der Waals surface area contributed by atoms with Gasteiger partial charge in [0.25, 0.3) is 0 Å². The van der Waals surface area contributed by atoms with Gasteiger partial charge < -0.3 is 9.84 Å². The summed E-state index contributed by atoms with van der Waals surface area (Å²) in [7, 11) is 0. The minimum Gasteiger partial charge on any atom is -0.481 e. The number of unbranched alkanes of at least 4 members (excludes halogenated alkanes) is 15. The van der Waals surface area contributed by atoms with E-state index in [9.17, 15) is 4.79 Å². The molecular weight excluding hydrogens is 312 g/mol. The van der Waals surface area contributed by atoms with E-state index in [0.29, 0.717) is 6.42 Å². The van der Waals surface area contributed by atoms with Gasteiger partial charge in [0.15, 0.2) is 0 Å². The van der Waals surface area contributed by atoms with E-state index in [4.69, 9.17) is 9.84 Å². The first-order chi connectivity index (χ1) is 12.3. The Bertz CT molecular complexity index is 266. The van der Waals surface area contributed by atoms with Gasteiger partial charge in [-0.05, 0) is 19.3 Å². The number of carbonyl (C=O) groups is 1. The van der Waals surface area contributed by atoms with Crippen LogP contribution in [-0.2, 0) is 9.53 Å². The predicted octanol–water partition coefficient (Wildman–Crippen LogP) is 7.13. The second kappa shape index (κ2) is 21.5. The molecule has 0 aromatic heterocycles. The Morgan fingerprint density at radius 3 is 1.36 bits per heavy atom. The molecule has 0 fully saturated rings. The molecule has 0 aromatic rings. The highest BCUT2D eigenvalue weighted by Gasteiger charge is 1.97. The molecule has 0 atom stereocenters. The first-order valence-electron chi connectivity index (χ1n) is 11.1. The molecule has 0 aliphatic rings. The predicted molar refractivity (Wildman–Crippen MR) is 107 cm³/mol. The standard InChI is InChI=1S/C22H44O3/c1-2-3-4-14-17-20-25-21-18-15-12-10-8-6-5-7-9-11-13-16-19-22(23)24/h2-21H2,1H3,(H,23,24). The Morgan fingerprint density at radius 1 is 0.600 bits per heavy atom. The van der Waals surface area contributed by atoms with Crippen molar-refractivity contribution in [3.8, 4) is 0 Å². The van der Waals surface area contributed by atoms with Crippen LogP contribution in [0.1, 0.15) is 122 Å². The molecule has 0 saturated heterocycles. The summed E-state index contributed by atoms with van der Waals surface area (Å²) in [6, 6.07) is 0. The van der Waals surface area contributed by atoms with Crippen LogP contribution in [-0.4, -0.2) is 24.3 Å². The number of aliphatic carboxylic acids is 1. The van der Waals surface area contributed by atoms with Gasteiger partial charge >= 0.3 is 5.97 Å². The first-order valence-corrected chi connectivity index (χ1v) is 11.1. The summed E-state index contributed by atoms with van der Waals surface area (Å²) in [5, 5.41) is 8.56. The zero-order valence-corrected chi connectivity index (χ0v) is 16.9. The van der Waals surface area contributed by atoms with Gasteiger partial charge in [0.2, 0.25) is 0 Å². The molecule has 0 aromatic carbocycles. The van der Waals surface area contributed by atoms with Gasteiger partial charge in [0.05, 0.1) is 0 Å². The molecule has 0 saturated carbocycles. The number of hydrogen-bond acceptors (Lipinski definition) is 2. The monoisotopic (exact) mass is 356 g/mol. The third-order valence-electron chi connectivity index (χ3n) is 4.82. The van der Waals surface area contributed by atoms with Crippen LogP contribution in [0.15, 0.2) is 0 Å². The summed E-state index contributed by atoms with van der Waals surface area (Å²) in [4.78, 5) is 10.4. The van der Waals surface area contributed by atoms with Crippen molar-refractivity contribution >= 4 is 5.97 Å². The molecule has 3 nitrogen and oxygen atoms in total. The Balaban J connectivity index is 2.97. The van der Waals surface area contributed by atoms with Gasteiger partial charge in [-0.1, -0.05) is 96.8 Å². The fourth-order valence-electron chi connectivity index (χ4n) is 3.16. The molecule has 0 radical (unpaired) electrons. The molecule has 0 spiro atoms. The van der Waals surface area contributed by atoms with Gasteiger partial charge in [-0.15, -0.1) is 0 Å². The van der Waals surface area contributed by atoms with Crippen molar-refractivity contribution in [2.24, 2.45) is 0 Å². The third kappa shape index (κ3) is 23.4. The number of rotatable bonds is 21. The summed E-state index contributed by atoms with van der Waals surface area (Å²) in [5.74, 6) is -0.658. The highest BCUT2D eigenvalue weighted by Crippen LogP contribution is 2.12. The fourth-order valence-corrected chi connectivity index (χ4v) is 3.16. The summed E-state index contributed by atoms with van der Waals surface area (Å²) in [5.41, 5.74) is 0. The summed E-state index contributed by atoms with van der Waals surface area (Å²) >= 11 is 0. The third-order valence-corrected chi connectivity index (χ3v) is 4.82. The Kier molecular flexibility index (Phi) is 21.0. The largest absolute Gasteiger partial charge is 0.481 e. The minimum atomic E-state index is -0.658. The smallest absolute Gasteiger partial charge is 0.303 e. The van der Waals surface area contributed by atoms with Gasteiger partial charge in [0, 0.05) is 19.6 Å². The zero-order valence-electron chi connectivity index (χ0n) is 16.9. The highest BCUT2D eigenvalue weighted by atomic mass is 16.5. The average Bonchev–Trinajstić information content (AvgIpc) is 2.60. The number of carboxylic acid groups (broad SMARTS) is 1. The molecule has 0 unspecified atom stereocenters. The van der Waals surface area contributed by atoms with Crippen molar-refractivity contribution in [1.82, 2.24) is 0 Å². The van der Waals surface area contributed by atoms with Crippen LogP contribution in [0.3, 0.4) is 0 Å². The molecule has 25 heavy (non-hydrogen) atoms. The van der Waals surface area contributed by atoms with Crippen LogP contribution in [0.25, 0.3) is 0 Å². The van der Waals surface area contributed by atoms with E-state index in [1.807, 2.05) is 0 Å². The van der Waals surface area contributed by atoms with Crippen molar-refractivity contribution in [2.75, 3.05) is 13.2 Å². The SMILES string of the molecule is CCCCCCCOCCCCCCCCCCCCCCC(=O)O. The van der Waals surface area contributed by atoms with E-state index in [1.54, 1.807) is 0 Å². The molecule has 3 heteroatoms. The Morgan fingerprint density at radius 2 is 0.960 bits per heavy atom. The topological polar surface area (TPSA) is 46.5 Å². The minimum absolute atomic E-state index is 0.337. The molecule has 0 amide bonds. The van der Waals surface area contributed by atoms with E-state index in [0.717, 1.165) is 26.1 Å². The van der Waals surface area contributed by atoms with Crippen molar-refractivity contribution in [1.29, 1.82) is 0 Å². The number of hydrogen-bond donors (Lipinski definition) is 1. The van der Waals surface area contributed by atoms with Crippen LogP contribution in [0.4, 0.5) is 0 Å². The lowest BCUT2D eigenvalue weighted by molar-refractivity contribution is -0.137. The molecular formula is C22H44O3. The van der Waals surface area contributed by atoms with Crippen molar-refractivity contribution in [2.45, 2.75) is 122 Å². The number of ether oxygens (including phenoxy) is 1. The van der Waals surface area contributed by atoms with E-state index in [2.05, 4.69) is 6.92 Å². The fraction of sp³-hybridized carbons (Fsp3) is 0.955. The van der Waals surface area contributed by atoms with Crippen LogP contribution in [0.2, 0.25) is 0 Å². The van der Waals surface area contributed by atoms with Gasteiger partial charge in [0.1, 0.15) is 0 Å². The van der Waals surface area contributed by atoms with Gasteiger partial charge in [-0.3, -0.25) is 4.79 Å². The van der Waals surface area contributed by atoms with E-state index < -0.39 is 5.97 Å². The summed E-state index contributed by atoms with van der Waals surface area (Å²) in [6.45, 7) is 4.17. The van der Waals surface area contributed by atoms with Gasteiger partial charge in [-0.25, -0.2) is 0 Å². The van der Waals surface area contributed by atoms with Crippen molar-refractivity contribution in [3.05, 3.63) is 0 Å². The van der Waals surface area contributed by atoms with E-state index in [-0.39, 0.29) is 0 Å². The Hall–Kier alpha value is -0.570. The van der Waals surface area contributed by atoms with Crippen LogP contribution in [0, 0.1) is 0 Å². The maximum absolute atomic E-state index is 10.4. The van der Waals surface area contributed by atoms with Crippen LogP contribution < -0.4 is 0 Å².